The van der Waals surface area contributed by atoms with E-state index in [-0.39, 0.29) is 11.6 Å². The number of fused-ring (bicyclic) bond motifs is 1. The number of nitrogens with zero attached hydrogens (tertiary/aromatic N) is 1. The molecular weight excluding hydrogens is 378 g/mol. The van der Waals surface area contributed by atoms with Crippen molar-refractivity contribution < 1.29 is 5.32 Å². The van der Waals surface area contributed by atoms with Crippen molar-refractivity contribution in [3.63, 3.8) is 0 Å². The van der Waals surface area contributed by atoms with E-state index >= 15 is 0 Å². The summed E-state index contributed by atoms with van der Waals surface area (Å²) >= 11 is 7.59. The van der Waals surface area contributed by atoms with Gasteiger partial charge in [0.25, 0.3) is 5.56 Å². The molecule has 144 valence electrons. The Morgan fingerprint density at radius 1 is 1.26 bits per heavy atom. The molecule has 0 aliphatic carbocycles. The molecule has 4 nitrogen and oxygen atoms in total. The molecule has 0 bridgehead atoms. The van der Waals surface area contributed by atoms with Crippen LogP contribution >= 0.6 is 22.9 Å². The lowest BCUT2D eigenvalue weighted by Crippen LogP contribution is -2.83. The number of rotatable bonds is 7. The first-order valence-corrected chi connectivity index (χ1v) is 10.7. The first-order valence-electron chi connectivity index (χ1n) is 9.49. The van der Waals surface area contributed by atoms with Crippen LogP contribution in [0.25, 0.3) is 10.2 Å². The number of hydrogen-bond acceptors (Lipinski definition) is 3. The summed E-state index contributed by atoms with van der Waals surface area (Å²) in [6, 6.07) is 8.13. The second kappa shape index (κ2) is 8.55. The number of aryl methyl sites for hydroxylation is 1. The molecule has 2 aromatic heterocycles. The largest absolute Gasteiger partial charge is 0.334 e. The molecule has 0 aliphatic rings. The van der Waals surface area contributed by atoms with Crippen molar-refractivity contribution in [3.05, 3.63) is 61.5 Å². The summed E-state index contributed by atoms with van der Waals surface area (Å²) in [6.07, 6.45) is 2.05. The highest BCUT2D eigenvalue weighted by atomic mass is 35.5. The zero-order chi connectivity index (χ0) is 19.6. The molecule has 27 heavy (non-hydrogen) atoms. The maximum atomic E-state index is 12.7. The van der Waals surface area contributed by atoms with Gasteiger partial charge in [-0.1, -0.05) is 44.0 Å². The molecule has 0 saturated heterocycles. The molecule has 0 aliphatic heterocycles. The summed E-state index contributed by atoms with van der Waals surface area (Å²) in [5, 5.41) is 3.70. The fourth-order valence-corrected chi connectivity index (χ4v) is 4.44. The lowest BCUT2D eigenvalue weighted by atomic mass is 9.98. The first kappa shape index (κ1) is 20.1. The van der Waals surface area contributed by atoms with Crippen molar-refractivity contribution in [1.29, 1.82) is 0 Å². The Labute approximate surface area is 169 Å². The van der Waals surface area contributed by atoms with Crippen LogP contribution in [0.5, 0.6) is 0 Å². The van der Waals surface area contributed by atoms with Gasteiger partial charge >= 0.3 is 0 Å². The number of hydrogen-bond donors (Lipinski definition) is 2. The Hall–Kier alpha value is -1.69. The number of aromatic amines is 1. The van der Waals surface area contributed by atoms with E-state index in [1.807, 2.05) is 24.3 Å². The van der Waals surface area contributed by atoms with Gasteiger partial charge in [-0.05, 0) is 43.9 Å². The van der Waals surface area contributed by atoms with E-state index in [1.165, 1.54) is 16.0 Å². The van der Waals surface area contributed by atoms with Gasteiger partial charge in [-0.15, -0.1) is 11.3 Å². The van der Waals surface area contributed by atoms with Crippen LogP contribution in [-0.4, -0.2) is 9.97 Å². The number of quaternary nitrogens is 1. The average Bonchev–Trinajstić information content (AvgIpc) is 2.95. The molecule has 0 spiro atoms. The van der Waals surface area contributed by atoms with Gasteiger partial charge in [-0.25, -0.2) is 4.98 Å². The average molecular weight is 405 g/mol. The molecule has 2 atom stereocenters. The molecule has 2 heterocycles. The third kappa shape index (κ3) is 4.60. The molecule has 0 saturated carbocycles. The van der Waals surface area contributed by atoms with Gasteiger partial charge in [-0.3, -0.25) is 4.79 Å². The normalized spacial score (nSPS) is 13.8. The Morgan fingerprint density at radius 2 is 1.96 bits per heavy atom. The van der Waals surface area contributed by atoms with Gasteiger partial charge in [0, 0.05) is 15.5 Å². The van der Waals surface area contributed by atoms with Crippen molar-refractivity contribution in [2.75, 3.05) is 0 Å². The zero-order valence-electron chi connectivity index (χ0n) is 16.3. The number of H-pyrrole nitrogens is 1. The number of thiophene rings is 1. The molecule has 0 unspecified atom stereocenters. The third-order valence-electron chi connectivity index (χ3n) is 5.22. The highest BCUT2D eigenvalue weighted by Gasteiger charge is 2.17. The van der Waals surface area contributed by atoms with Gasteiger partial charge in [0.1, 0.15) is 17.4 Å². The van der Waals surface area contributed by atoms with Gasteiger partial charge in [0.15, 0.2) is 5.82 Å². The van der Waals surface area contributed by atoms with Gasteiger partial charge in [0.2, 0.25) is 0 Å². The van der Waals surface area contributed by atoms with E-state index in [4.69, 9.17) is 16.6 Å². The van der Waals surface area contributed by atoms with Crippen LogP contribution in [0.2, 0.25) is 5.02 Å². The molecule has 0 amide bonds. The van der Waals surface area contributed by atoms with E-state index in [9.17, 15) is 4.79 Å². The summed E-state index contributed by atoms with van der Waals surface area (Å²) in [5.41, 5.74) is 2.36. The topological polar surface area (TPSA) is 62.4 Å². The minimum Gasteiger partial charge on any atom is -0.334 e. The molecule has 3 aromatic rings. The zero-order valence-corrected chi connectivity index (χ0v) is 17.9. The van der Waals surface area contributed by atoms with E-state index in [2.05, 4.69) is 38.0 Å². The molecule has 0 fully saturated rings. The summed E-state index contributed by atoms with van der Waals surface area (Å²) in [6.45, 7) is 9.28. The summed E-state index contributed by atoms with van der Waals surface area (Å²) < 4.78 is 0. The number of halogens is 1. The van der Waals surface area contributed by atoms with Crippen LogP contribution in [0, 0.1) is 12.8 Å². The number of benzene rings is 1. The fraction of sp³-hybridized carbons (Fsp3) is 0.429. The van der Waals surface area contributed by atoms with E-state index < -0.39 is 0 Å². The predicted octanol–water partition coefficient (Wildman–Crippen LogP) is 4.36. The Morgan fingerprint density at radius 3 is 2.63 bits per heavy atom. The van der Waals surface area contributed by atoms with Crippen LogP contribution in [-0.2, 0) is 13.0 Å². The molecule has 1 aromatic carbocycles. The molecule has 3 rings (SSSR count). The number of nitrogens with one attached hydrogen (secondary N) is 1. The molecule has 3 N–H and O–H groups in total. The second-order valence-electron chi connectivity index (χ2n) is 7.33. The smallest absolute Gasteiger partial charge is 0.260 e. The lowest BCUT2D eigenvalue weighted by molar-refractivity contribution is -0.708. The van der Waals surface area contributed by atoms with Gasteiger partial charge in [0.05, 0.1) is 5.39 Å². The third-order valence-corrected chi connectivity index (χ3v) is 6.52. The summed E-state index contributed by atoms with van der Waals surface area (Å²) in [4.78, 5) is 22.5. The summed E-state index contributed by atoms with van der Waals surface area (Å²) in [7, 11) is 0. The Kier molecular flexibility index (Phi) is 6.35. The maximum Gasteiger partial charge on any atom is 0.260 e. The van der Waals surface area contributed by atoms with Crippen molar-refractivity contribution in [2.24, 2.45) is 5.92 Å². The van der Waals surface area contributed by atoms with E-state index in [0.29, 0.717) is 12.5 Å². The van der Waals surface area contributed by atoms with E-state index in [1.54, 1.807) is 11.3 Å². The quantitative estimate of drug-likeness (QED) is 0.614. The Bertz CT molecular complexity index is 977. The molecule has 6 heteroatoms. The van der Waals surface area contributed by atoms with Crippen molar-refractivity contribution in [1.82, 2.24) is 9.97 Å². The Balaban J connectivity index is 1.80. The fourth-order valence-electron chi connectivity index (χ4n) is 3.25. The van der Waals surface area contributed by atoms with Crippen molar-refractivity contribution in [3.8, 4) is 0 Å². The van der Waals surface area contributed by atoms with Crippen molar-refractivity contribution >= 4 is 33.2 Å². The minimum atomic E-state index is -0.00907. The van der Waals surface area contributed by atoms with Crippen LogP contribution in [0.15, 0.2) is 29.1 Å². The van der Waals surface area contributed by atoms with Gasteiger partial charge < -0.3 is 10.3 Å². The second-order valence-corrected chi connectivity index (χ2v) is 8.97. The standard InChI is InChI=1S/C21H26ClN3OS/c1-5-12(2)10-17-14(4)27-21-19(17)20(26)24-18(25-21)11-23-13(3)15-6-8-16(22)9-7-15/h6-9,12-13,23H,5,10-11H2,1-4H3,(H,24,25,26)/p+1/t12-,13+/m0/s1. The minimum absolute atomic E-state index is 0.00907. The highest BCUT2D eigenvalue weighted by molar-refractivity contribution is 7.18. The monoisotopic (exact) mass is 404 g/mol. The summed E-state index contributed by atoms with van der Waals surface area (Å²) in [5.74, 6) is 1.29. The number of aromatic nitrogens is 2. The highest BCUT2D eigenvalue weighted by Crippen LogP contribution is 2.29. The van der Waals surface area contributed by atoms with Crippen molar-refractivity contribution in [2.45, 2.75) is 53.1 Å². The molecule has 0 radical (unpaired) electrons. The SMILES string of the molecule is CC[C@H](C)Cc1c(C)sc2nc(C[NH2+][C@H](C)c3ccc(Cl)cc3)[nH]c(=O)c12. The van der Waals surface area contributed by atoms with Gasteiger partial charge in [-0.2, -0.15) is 0 Å². The van der Waals surface area contributed by atoms with Crippen LogP contribution in [0.3, 0.4) is 0 Å². The van der Waals surface area contributed by atoms with E-state index in [0.717, 1.165) is 33.9 Å². The van der Waals surface area contributed by atoms with Crippen LogP contribution < -0.4 is 10.9 Å². The first-order chi connectivity index (χ1) is 12.9. The molecular formula is C21H27ClN3OS+. The van der Waals surface area contributed by atoms with Crippen LogP contribution in [0.4, 0.5) is 0 Å². The lowest BCUT2D eigenvalue weighted by Gasteiger charge is -2.11. The number of nitrogens with two attached hydrogens (primary N) is 1. The maximum absolute atomic E-state index is 12.7. The van der Waals surface area contributed by atoms with Crippen LogP contribution in [0.1, 0.15) is 55.1 Å². The predicted molar refractivity (Wildman–Crippen MR) is 114 cm³/mol.